The van der Waals surface area contributed by atoms with E-state index >= 15 is 0 Å². The molecule has 0 unspecified atom stereocenters. The van der Waals surface area contributed by atoms with Gasteiger partial charge in [0.25, 0.3) is 5.91 Å². The van der Waals surface area contributed by atoms with E-state index in [1.807, 2.05) is 48.5 Å². The fourth-order valence-corrected chi connectivity index (χ4v) is 4.66. The van der Waals surface area contributed by atoms with Gasteiger partial charge in [0, 0.05) is 21.7 Å². The SMILES string of the molecule is CCSc1ccc(C(=O)Nc2ccc(-c3nc4ccc(C)cc4s3)cc2)cc1. The van der Waals surface area contributed by atoms with Gasteiger partial charge in [0.1, 0.15) is 5.01 Å². The number of rotatable bonds is 5. The molecule has 0 bridgehead atoms. The van der Waals surface area contributed by atoms with E-state index in [0.29, 0.717) is 5.56 Å². The van der Waals surface area contributed by atoms with Gasteiger partial charge in [-0.1, -0.05) is 13.0 Å². The number of aromatic nitrogens is 1. The van der Waals surface area contributed by atoms with Crippen LogP contribution in [0.3, 0.4) is 0 Å². The second kappa shape index (κ2) is 8.17. The van der Waals surface area contributed by atoms with Gasteiger partial charge < -0.3 is 5.32 Å². The number of aryl methyl sites for hydroxylation is 1. The number of anilines is 1. The molecule has 3 nitrogen and oxygen atoms in total. The Hall–Kier alpha value is -2.63. The summed E-state index contributed by atoms with van der Waals surface area (Å²) in [5, 5.41) is 3.95. The zero-order valence-corrected chi connectivity index (χ0v) is 17.4. The molecule has 1 N–H and O–H groups in total. The average molecular weight is 405 g/mol. The lowest BCUT2D eigenvalue weighted by Crippen LogP contribution is -2.11. The monoisotopic (exact) mass is 404 g/mol. The number of nitrogens with one attached hydrogen (secondary N) is 1. The van der Waals surface area contributed by atoms with E-state index in [4.69, 9.17) is 4.98 Å². The molecule has 4 aromatic rings. The minimum absolute atomic E-state index is 0.101. The number of thiazole rings is 1. The smallest absolute Gasteiger partial charge is 0.255 e. The topological polar surface area (TPSA) is 42.0 Å². The second-order valence-electron chi connectivity index (χ2n) is 6.48. The highest BCUT2D eigenvalue weighted by Gasteiger charge is 2.09. The van der Waals surface area contributed by atoms with Crippen LogP contribution in [0.1, 0.15) is 22.8 Å². The maximum Gasteiger partial charge on any atom is 0.255 e. The predicted octanol–water partition coefficient (Wildman–Crippen LogP) is 6.64. The molecule has 1 amide bonds. The van der Waals surface area contributed by atoms with Crippen molar-refractivity contribution >= 4 is 44.9 Å². The van der Waals surface area contributed by atoms with Crippen LogP contribution in [0.2, 0.25) is 0 Å². The maximum atomic E-state index is 12.5. The maximum absolute atomic E-state index is 12.5. The summed E-state index contributed by atoms with van der Waals surface area (Å²) < 4.78 is 1.19. The van der Waals surface area contributed by atoms with Gasteiger partial charge in [-0.25, -0.2) is 4.98 Å². The van der Waals surface area contributed by atoms with Crippen LogP contribution < -0.4 is 5.32 Å². The number of thioether (sulfide) groups is 1. The Morgan fingerprint density at radius 2 is 1.79 bits per heavy atom. The van der Waals surface area contributed by atoms with Crippen LogP contribution in [-0.4, -0.2) is 16.6 Å². The highest BCUT2D eigenvalue weighted by Crippen LogP contribution is 2.31. The molecule has 0 fully saturated rings. The van der Waals surface area contributed by atoms with Crippen LogP contribution in [0, 0.1) is 6.92 Å². The summed E-state index contributed by atoms with van der Waals surface area (Å²) in [7, 11) is 0. The van der Waals surface area contributed by atoms with E-state index in [0.717, 1.165) is 27.5 Å². The van der Waals surface area contributed by atoms with Crippen molar-refractivity contribution in [2.75, 3.05) is 11.1 Å². The van der Waals surface area contributed by atoms with E-state index in [1.54, 1.807) is 23.1 Å². The van der Waals surface area contributed by atoms with Gasteiger partial charge in [0.05, 0.1) is 10.2 Å². The quantitative estimate of drug-likeness (QED) is 0.379. The van der Waals surface area contributed by atoms with Crippen LogP contribution in [0.25, 0.3) is 20.8 Å². The highest BCUT2D eigenvalue weighted by molar-refractivity contribution is 7.99. The van der Waals surface area contributed by atoms with Crippen molar-refractivity contribution < 1.29 is 4.79 Å². The van der Waals surface area contributed by atoms with Crippen molar-refractivity contribution in [1.29, 1.82) is 0 Å². The number of hydrogen-bond donors (Lipinski definition) is 1. The fourth-order valence-electron chi connectivity index (χ4n) is 2.92. The fraction of sp³-hybridized carbons (Fsp3) is 0.130. The molecule has 5 heteroatoms. The first kappa shape index (κ1) is 18.7. The lowest BCUT2D eigenvalue weighted by atomic mass is 10.2. The molecule has 1 aromatic heterocycles. The summed E-state index contributed by atoms with van der Waals surface area (Å²) in [6, 6.07) is 21.9. The molecule has 0 aliphatic carbocycles. The summed E-state index contributed by atoms with van der Waals surface area (Å²) in [5.74, 6) is 0.919. The zero-order chi connectivity index (χ0) is 19.5. The molecule has 140 valence electrons. The molecule has 28 heavy (non-hydrogen) atoms. The summed E-state index contributed by atoms with van der Waals surface area (Å²) >= 11 is 3.45. The van der Waals surface area contributed by atoms with Crippen molar-refractivity contribution in [1.82, 2.24) is 4.98 Å². The number of carbonyl (C=O) groups excluding carboxylic acids is 1. The first-order valence-corrected chi connectivity index (χ1v) is 10.9. The molecule has 0 spiro atoms. The molecule has 0 aliphatic heterocycles. The summed E-state index contributed by atoms with van der Waals surface area (Å²) in [4.78, 5) is 18.3. The standard InChI is InChI=1S/C23H20N2OS2/c1-3-27-19-11-7-16(8-12-19)22(26)24-18-9-5-17(6-10-18)23-25-20-13-4-15(2)14-21(20)28-23/h4-14H,3H2,1-2H3,(H,24,26). The minimum atomic E-state index is -0.101. The van der Waals surface area contributed by atoms with Crippen LogP contribution >= 0.6 is 23.1 Å². The molecular formula is C23H20N2OS2. The Labute approximate surface area is 172 Å². The largest absolute Gasteiger partial charge is 0.322 e. The van der Waals surface area contributed by atoms with Crippen LogP contribution in [0.15, 0.2) is 71.6 Å². The van der Waals surface area contributed by atoms with Gasteiger partial charge in [-0.15, -0.1) is 23.1 Å². The molecule has 4 rings (SSSR count). The van der Waals surface area contributed by atoms with Crippen molar-refractivity contribution in [3.63, 3.8) is 0 Å². The van der Waals surface area contributed by atoms with Crippen molar-refractivity contribution in [3.05, 3.63) is 77.9 Å². The summed E-state index contributed by atoms with van der Waals surface area (Å²) in [5.41, 5.74) is 4.75. The molecular weight excluding hydrogens is 384 g/mol. The van der Waals surface area contributed by atoms with E-state index in [1.165, 1.54) is 15.2 Å². The number of carbonyl (C=O) groups is 1. The minimum Gasteiger partial charge on any atom is -0.322 e. The van der Waals surface area contributed by atoms with Gasteiger partial charge in [-0.3, -0.25) is 4.79 Å². The van der Waals surface area contributed by atoms with Crippen LogP contribution in [0.5, 0.6) is 0 Å². The van der Waals surface area contributed by atoms with Gasteiger partial charge in [0.15, 0.2) is 0 Å². The lowest BCUT2D eigenvalue weighted by Gasteiger charge is -2.07. The van der Waals surface area contributed by atoms with E-state index in [-0.39, 0.29) is 5.91 Å². The Morgan fingerprint density at radius 1 is 1.04 bits per heavy atom. The van der Waals surface area contributed by atoms with E-state index in [9.17, 15) is 4.79 Å². The molecule has 0 radical (unpaired) electrons. The van der Waals surface area contributed by atoms with Gasteiger partial charge in [0.2, 0.25) is 0 Å². The highest BCUT2D eigenvalue weighted by atomic mass is 32.2. The first-order valence-electron chi connectivity index (χ1n) is 9.14. The summed E-state index contributed by atoms with van der Waals surface area (Å²) in [6.07, 6.45) is 0. The average Bonchev–Trinajstić information content (AvgIpc) is 3.12. The Balaban J connectivity index is 1.48. The predicted molar refractivity (Wildman–Crippen MR) is 121 cm³/mol. The normalized spacial score (nSPS) is 10.9. The third-order valence-electron chi connectivity index (χ3n) is 4.36. The number of nitrogens with zero attached hydrogens (tertiary/aromatic N) is 1. The molecule has 0 atom stereocenters. The molecule has 1 heterocycles. The second-order valence-corrected chi connectivity index (χ2v) is 8.85. The Morgan fingerprint density at radius 3 is 2.50 bits per heavy atom. The third kappa shape index (κ3) is 4.11. The van der Waals surface area contributed by atoms with E-state index in [2.05, 4.69) is 37.4 Å². The van der Waals surface area contributed by atoms with Crippen molar-refractivity contribution in [2.24, 2.45) is 0 Å². The number of fused-ring (bicyclic) bond motifs is 1. The zero-order valence-electron chi connectivity index (χ0n) is 15.7. The Bertz CT molecular complexity index is 1120. The number of benzene rings is 3. The van der Waals surface area contributed by atoms with Crippen LogP contribution in [0.4, 0.5) is 5.69 Å². The molecule has 0 saturated carbocycles. The van der Waals surface area contributed by atoms with E-state index < -0.39 is 0 Å². The van der Waals surface area contributed by atoms with Crippen LogP contribution in [-0.2, 0) is 0 Å². The van der Waals surface area contributed by atoms with Crippen molar-refractivity contribution in [2.45, 2.75) is 18.7 Å². The molecule has 3 aromatic carbocycles. The third-order valence-corrected chi connectivity index (χ3v) is 6.32. The first-order chi connectivity index (χ1) is 13.6. The van der Waals surface area contributed by atoms with Gasteiger partial charge >= 0.3 is 0 Å². The van der Waals surface area contributed by atoms with Crippen molar-refractivity contribution in [3.8, 4) is 10.6 Å². The Kier molecular flexibility index (Phi) is 5.46. The molecule has 0 aliphatic rings. The van der Waals surface area contributed by atoms with Gasteiger partial charge in [-0.05, 0) is 78.9 Å². The number of hydrogen-bond acceptors (Lipinski definition) is 4. The molecule has 0 saturated heterocycles. The number of amides is 1. The van der Waals surface area contributed by atoms with Gasteiger partial charge in [-0.2, -0.15) is 0 Å². The summed E-state index contributed by atoms with van der Waals surface area (Å²) in [6.45, 7) is 4.21. The lowest BCUT2D eigenvalue weighted by molar-refractivity contribution is 0.102.